The Morgan fingerprint density at radius 3 is 2.77 bits per heavy atom. The first-order valence-electron chi connectivity index (χ1n) is 7.39. The van der Waals surface area contributed by atoms with Gasteiger partial charge in [-0.05, 0) is 24.6 Å². The van der Waals surface area contributed by atoms with Crippen molar-refractivity contribution in [1.29, 1.82) is 0 Å². The number of fused-ring (bicyclic) bond motifs is 1. The third kappa shape index (κ3) is 3.25. The molecule has 7 heteroatoms. The Bertz CT molecular complexity index is 658. The second-order valence-electron chi connectivity index (χ2n) is 5.33. The lowest BCUT2D eigenvalue weighted by Crippen LogP contribution is -2.36. The van der Waals surface area contributed by atoms with Crippen LogP contribution in [0.15, 0.2) is 23.1 Å². The molecule has 0 saturated carbocycles. The maximum Gasteiger partial charge on any atom is 0.242 e. The molecule has 0 atom stereocenters. The molecule has 1 aromatic carbocycles. The minimum Gasteiger partial charge on any atom is -0.490 e. The third-order valence-corrected chi connectivity index (χ3v) is 5.56. The van der Waals surface area contributed by atoms with Crippen LogP contribution in [0.1, 0.15) is 26.7 Å². The van der Waals surface area contributed by atoms with E-state index >= 15 is 0 Å². The normalized spacial score (nSPS) is 14.6. The molecule has 0 aromatic heterocycles. The summed E-state index contributed by atoms with van der Waals surface area (Å²) in [6.45, 7) is 4.79. The van der Waals surface area contributed by atoms with Gasteiger partial charge in [0.1, 0.15) is 12.4 Å². The lowest BCUT2D eigenvalue weighted by atomic mass is 10.2. The molecule has 0 radical (unpaired) electrons. The zero-order valence-corrected chi connectivity index (χ0v) is 14.0. The number of rotatable bonds is 5. The number of carbonyl (C=O) groups excluding carboxylic acids is 1. The van der Waals surface area contributed by atoms with E-state index in [9.17, 15) is 13.2 Å². The summed E-state index contributed by atoms with van der Waals surface area (Å²) in [6.07, 6.45) is 1.74. The molecular weight excluding hydrogens is 304 g/mol. The van der Waals surface area contributed by atoms with E-state index in [-0.39, 0.29) is 10.8 Å². The fourth-order valence-corrected chi connectivity index (χ4v) is 3.60. The standard InChI is InChI=1S/C15H22N2O4S/c1-4-5-8-16(3)22(19,20)13-6-7-15-14(11-13)17(12(2)18)9-10-21-15/h6-7,11H,4-5,8-10H2,1-3H3. The topological polar surface area (TPSA) is 66.9 Å². The number of unbranched alkanes of at least 4 members (excludes halogenated alkanes) is 1. The minimum atomic E-state index is -3.55. The van der Waals surface area contributed by atoms with Crippen LogP contribution >= 0.6 is 0 Å². The Morgan fingerprint density at radius 2 is 2.14 bits per heavy atom. The molecule has 1 aromatic rings. The highest BCUT2D eigenvalue weighted by Gasteiger charge is 2.26. The number of hydrogen-bond acceptors (Lipinski definition) is 4. The average Bonchev–Trinajstić information content (AvgIpc) is 2.51. The Balaban J connectivity index is 2.37. The Hall–Kier alpha value is -1.60. The van der Waals surface area contributed by atoms with Crippen LogP contribution in [0.3, 0.4) is 0 Å². The van der Waals surface area contributed by atoms with E-state index in [1.165, 1.54) is 23.4 Å². The van der Waals surface area contributed by atoms with Gasteiger partial charge in [0.25, 0.3) is 0 Å². The summed E-state index contributed by atoms with van der Waals surface area (Å²) < 4.78 is 32.0. The van der Waals surface area contributed by atoms with Crippen molar-refractivity contribution >= 4 is 21.6 Å². The number of carbonyl (C=O) groups is 1. The van der Waals surface area contributed by atoms with Gasteiger partial charge in [0.15, 0.2) is 0 Å². The highest BCUT2D eigenvalue weighted by atomic mass is 32.2. The molecule has 0 aliphatic carbocycles. The molecule has 122 valence electrons. The van der Waals surface area contributed by atoms with Crippen molar-refractivity contribution in [2.24, 2.45) is 0 Å². The zero-order valence-electron chi connectivity index (χ0n) is 13.2. The van der Waals surface area contributed by atoms with E-state index in [2.05, 4.69) is 0 Å². The van der Waals surface area contributed by atoms with Crippen LogP contribution in [-0.2, 0) is 14.8 Å². The molecule has 1 aliphatic rings. The van der Waals surface area contributed by atoms with Crippen molar-refractivity contribution in [2.75, 3.05) is 31.6 Å². The lowest BCUT2D eigenvalue weighted by molar-refractivity contribution is -0.116. The number of hydrogen-bond donors (Lipinski definition) is 0. The van der Waals surface area contributed by atoms with Crippen LogP contribution in [0, 0.1) is 0 Å². The first kappa shape index (κ1) is 16.8. The predicted octanol–water partition coefficient (Wildman–Crippen LogP) is 1.85. The monoisotopic (exact) mass is 326 g/mol. The first-order chi connectivity index (χ1) is 10.4. The summed E-state index contributed by atoms with van der Waals surface area (Å²) in [7, 11) is -1.98. The second kappa shape index (κ2) is 6.66. The van der Waals surface area contributed by atoms with Gasteiger partial charge >= 0.3 is 0 Å². The largest absolute Gasteiger partial charge is 0.490 e. The maximum absolute atomic E-state index is 12.6. The highest BCUT2D eigenvalue weighted by Crippen LogP contribution is 2.34. The number of amides is 1. The first-order valence-corrected chi connectivity index (χ1v) is 8.83. The molecule has 0 unspecified atom stereocenters. The summed E-state index contributed by atoms with van der Waals surface area (Å²) in [5.41, 5.74) is 0.517. The summed E-state index contributed by atoms with van der Waals surface area (Å²) in [5.74, 6) is 0.412. The van der Waals surface area contributed by atoms with E-state index in [1.807, 2.05) is 6.92 Å². The third-order valence-electron chi connectivity index (χ3n) is 3.71. The van der Waals surface area contributed by atoms with Gasteiger partial charge in [0.05, 0.1) is 17.1 Å². The van der Waals surface area contributed by atoms with Crippen molar-refractivity contribution in [3.8, 4) is 5.75 Å². The maximum atomic E-state index is 12.6. The van der Waals surface area contributed by atoms with Gasteiger partial charge < -0.3 is 9.64 Å². The van der Waals surface area contributed by atoms with Crippen molar-refractivity contribution in [3.05, 3.63) is 18.2 Å². The van der Waals surface area contributed by atoms with Crippen LogP contribution in [0.25, 0.3) is 0 Å². The van der Waals surface area contributed by atoms with E-state index in [4.69, 9.17) is 4.74 Å². The molecule has 2 rings (SSSR count). The van der Waals surface area contributed by atoms with Crippen molar-refractivity contribution in [1.82, 2.24) is 4.31 Å². The van der Waals surface area contributed by atoms with Crippen molar-refractivity contribution in [3.63, 3.8) is 0 Å². The molecule has 22 heavy (non-hydrogen) atoms. The molecule has 6 nitrogen and oxygen atoms in total. The van der Waals surface area contributed by atoms with Crippen molar-refractivity contribution < 1.29 is 17.9 Å². The molecule has 0 N–H and O–H groups in total. The van der Waals surface area contributed by atoms with Gasteiger partial charge in [0.2, 0.25) is 15.9 Å². The fourth-order valence-electron chi connectivity index (χ4n) is 2.37. The van der Waals surface area contributed by atoms with Gasteiger partial charge in [-0.25, -0.2) is 12.7 Å². The Morgan fingerprint density at radius 1 is 1.41 bits per heavy atom. The van der Waals surface area contributed by atoms with E-state index in [0.29, 0.717) is 31.1 Å². The van der Waals surface area contributed by atoms with Gasteiger partial charge in [-0.15, -0.1) is 0 Å². The number of nitrogens with zero attached hydrogens (tertiary/aromatic N) is 2. The molecule has 1 amide bonds. The molecule has 1 aliphatic heterocycles. The molecule has 0 saturated heterocycles. The number of anilines is 1. The second-order valence-corrected chi connectivity index (χ2v) is 7.37. The number of ether oxygens (including phenoxy) is 1. The summed E-state index contributed by atoms with van der Waals surface area (Å²) >= 11 is 0. The molecule has 0 fully saturated rings. The van der Waals surface area contributed by atoms with Crippen LogP contribution in [0.4, 0.5) is 5.69 Å². The van der Waals surface area contributed by atoms with Crippen LogP contribution < -0.4 is 9.64 Å². The number of benzene rings is 1. The predicted molar refractivity (Wildman–Crippen MR) is 84.7 cm³/mol. The fraction of sp³-hybridized carbons (Fsp3) is 0.533. The van der Waals surface area contributed by atoms with Crippen LogP contribution in [0.2, 0.25) is 0 Å². The van der Waals surface area contributed by atoms with Crippen molar-refractivity contribution in [2.45, 2.75) is 31.6 Å². The van der Waals surface area contributed by atoms with E-state index in [1.54, 1.807) is 18.0 Å². The minimum absolute atomic E-state index is 0.126. The summed E-state index contributed by atoms with van der Waals surface area (Å²) in [6, 6.07) is 4.67. The Labute approximate surface area is 131 Å². The summed E-state index contributed by atoms with van der Waals surface area (Å²) in [5, 5.41) is 0. The average molecular weight is 326 g/mol. The van der Waals surface area contributed by atoms with E-state index < -0.39 is 10.0 Å². The smallest absolute Gasteiger partial charge is 0.242 e. The Kier molecular flexibility index (Phi) is 5.08. The van der Waals surface area contributed by atoms with Crippen LogP contribution in [0.5, 0.6) is 5.75 Å². The van der Waals surface area contributed by atoms with Gasteiger partial charge in [-0.1, -0.05) is 13.3 Å². The van der Waals surface area contributed by atoms with Crippen LogP contribution in [-0.4, -0.2) is 45.4 Å². The van der Waals surface area contributed by atoms with Gasteiger partial charge in [-0.2, -0.15) is 0 Å². The summed E-state index contributed by atoms with van der Waals surface area (Å²) in [4.78, 5) is 13.4. The quantitative estimate of drug-likeness (QED) is 0.828. The molecule has 0 spiro atoms. The van der Waals surface area contributed by atoms with Gasteiger partial charge in [0, 0.05) is 20.5 Å². The number of sulfonamides is 1. The van der Waals surface area contributed by atoms with Gasteiger partial charge in [-0.3, -0.25) is 4.79 Å². The molecule has 1 heterocycles. The molecular formula is C15H22N2O4S. The molecule has 0 bridgehead atoms. The highest BCUT2D eigenvalue weighted by molar-refractivity contribution is 7.89. The zero-order chi connectivity index (χ0) is 16.3. The lowest BCUT2D eigenvalue weighted by Gasteiger charge is -2.29. The van der Waals surface area contributed by atoms with E-state index in [0.717, 1.165) is 12.8 Å². The SMILES string of the molecule is CCCCN(C)S(=O)(=O)c1ccc2c(c1)N(C(C)=O)CCO2.